The van der Waals surface area contributed by atoms with Gasteiger partial charge in [0.1, 0.15) is 5.75 Å². The van der Waals surface area contributed by atoms with Crippen LogP contribution < -0.4 is 15.8 Å². The Bertz CT molecular complexity index is 465. The zero-order valence-electron chi connectivity index (χ0n) is 13.7. The highest BCUT2D eigenvalue weighted by molar-refractivity contribution is 5.78. The van der Waals surface area contributed by atoms with Gasteiger partial charge in [-0.15, -0.1) is 0 Å². The second-order valence-electron chi connectivity index (χ2n) is 5.93. The molecule has 122 valence electrons. The molecule has 0 bridgehead atoms. The van der Waals surface area contributed by atoms with Gasteiger partial charge in [-0.3, -0.25) is 4.99 Å². The van der Waals surface area contributed by atoms with Gasteiger partial charge in [0.15, 0.2) is 5.96 Å². The van der Waals surface area contributed by atoms with E-state index in [9.17, 15) is 0 Å². The first kappa shape index (κ1) is 16.7. The molecule has 4 heteroatoms. The molecule has 0 saturated heterocycles. The maximum absolute atomic E-state index is 6.01. The van der Waals surface area contributed by atoms with E-state index in [0.717, 1.165) is 12.2 Å². The van der Waals surface area contributed by atoms with E-state index in [1.165, 1.54) is 44.1 Å². The Kier molecular flexibility index (Phi) is 7.07. The summed E-state index contributed by atoms with van der Waals surface area (Å²) >= 11 is 0. The first-order chi connectivity index (χ1) is 10.8. The minimum Gasteiger partial charge on any atom is -0.494 e. The summed E-state index contributed by atoms with van der Waals surface area (Å²) in [6.45, 7) is 3.40. The molecule has 1 saturated carbocycles. The number of benzene rings is 1. The van der Waals surface area contributed by atoms with Crippen molar-refractivity contribution in [1.82, 2.24) is 5.32 Å². The first-order valence-corrected chi connectivity index (χ1v) is 8.56. The molecule has 0 atom stereocenters. The van der Waals surface area contributed by atoms with E-state index < -0.39 is 0 Å². The van der Waals surface area contributed by atoms with Crippen LogP contribution in [0.3, 0.4) is 0 Å². The van der Waals surface area contributed by atoms with Gasteiger partial charge in [0.2, 0.25) is 0 Å². The van der Waals surface area contributed by atoms with Gasteiger partial charge < -0.3 is 15.8 Å². The average molecular weight is 303 g/mol. The molecule has 0 heterocycles. The van der Waals surface area contributed by atoms with Gasteiger partial charge in [0.25, 0.3) is 0 Å². The predicted molar refractivity (Wildman–Crippen MR) is 92.4 cm³/mol. The van der Waals surface area contributed by atoms with Gasteiger partial charge >= 0.3 is 0 Å². The smallest absolute Gasteiger partial charge is 0.188 e. The lowest BCUT2D eigenvalue weighted by molar-refractivity contribution is 0.340. The van der Waals surface area contributed by atoms with Crippen molar-refractivity contribution < 1.29 is 4.74 Å². The summed E-state index contributed by atoms with van der Waals surface area (Å²) in [7, 11) is 0. The summed E-state index contributed by atoms with van der Waals surface area (Å²) in [6.07, 6.45) is 8.62. The minimum atomic E-state index is 0.507. The Balaban J connectivity index is 1.77. The molecule has 1 aliphatic carbocycles. The monoisotopic (exact) mass is 303 g/mol. The molecule has 1 aromatic rings. The highest BCUT2D eigenvalue weighted by Crippen LogP contribution is 2.17. The van der Waals surface area contributed by atoms with E-state index in [0.29, 0.717) is 25.2 Å². The highest BCUT2D eigenvalue weighted by Gasteiger charge is 2.12. The van der Waals surface area contributed by atoms with Crippen LogP contribution in [0.5, 0.6) is 5.75 Å². The van der Waals surface area contributed by atoms with E-state index in [4.69, 9.17) is 10.5 Å². The fourth-order valence-electron chi connectivity index (χ4n) is 2.94. The lowest BCUT2D eigenvalue weighted by atomic mass is 10.1. The van der Waals surface area contributed by atoms with Crippen molar-refractivity contribution in [1.29, 1.82) is 0 Å². The fourth-order valence-corrected chi connectivity index (χ4v) is 2.94. The number of rotatable bonds is 6. The lowest BCUT2D eigenvalue weighted by Gasteiger charge is -2.16. The molecule has 0 spiro atoms. The zero-order chi connectivity index (χ0) is 15.6. The van der Waals surface area contributed by atoms with Crippen LogP contribution in [-0.4, -0.2) is 25.2 Å². The van der Waals surface area contributed by atoms with Crippen molar-refractivity contribution in [2.45, 2.75) is 57.9 Å². The van der Waals surface area contributed by atoms with Crippen LogP contribution >= 0.6 is 0 Å². The molecule has 0 unspecified atom stereocenters. The molecule has 0 radical (unpaired) electrons. The summed E-state index contributed by atoms with van der Waals surface area (Å²) in [4.78, 5) is 4.46. The molecule has 22 heavy (non-hydrogen) atoms. The van der Waals surface area contributed by atoms with Crippen molar-refractivity contribution in [3.63, 3.8) is 0 Å². The van der Waals surface area contributed by atoms with Gasteiger partial charge in [-0.25, -0.2) is 0 Å². The normalized spacial score (nSPS) is 17.0. The maximum atomic E-state index is 6.01. The van der Waals surface area contributed by atoms with E-state index in [1.54, 1.807) is 0 Å². The van der Waals surface area contributed by atoms with Crippen molar-refractivity contribution in [3.05, 3.63) is 29.8 Å². The Morgan fingerprint density at radius 3 is 2.77 bits per heavy atom. The van der Waals surface area contributed by atoms with E-state index in [1.807, 2.05) is 19.1 Å². The zero-order valence-corrected chi connectivity index (χ0v) is 13.7. The average Bonchev–Trinajstić information content (AvgIpc) is 2.77. The van der Waals surface area contributed by atoms with E-state index in [-0.39, 0.29) is 0 Å². The number of hydrogen-bond donors (Lipinski definition) is 2. The maximum Gasteiger partial charge on any atom is 0.188 e. The van der Waals surface area contributed by atoms with Crippen LogP contribution in [0, 0.1) is 0 Å². The van der Waals surface area contributed by atoms with Gasteiger partial charge in [-0.2, -0.15) is 0 Å². The van der Waals surface area contributed by atoms with Crippen molar-refractivity contribution in [3.8, 4) is 5.75 Å². The second-order valence-corrected chi connectivity index (χ2v) is 5.93. The number of aliphatic imine (C=N–C) groups is 1. The lowest BCUT2D eigenvalue weighted by Crippen LogP contribution is -2.40. The summed E-state index contributed by atoms with van der Waals surface area (Å²) in [5, 5.41) is 3.38. The fraction of sp³-hybridized carbons (Fsp3) is 0.611. The van der Waals surface area contributed by atoms with Crippen LogP contribution in [0.15, 0.2) is 29.3 Å². The van der Waals surface area contributed by atoms with Crippen LogP contribution in [0.1, 0.15) is 51.0 Å². The molecule has 2 rings (SSSR count). The molecule has 1 fully saturated rings. The molecular weight excluding hydrogens is 274 g/mol. The third kappa shape index (κ3) is 5.96. The molecular formula is C18H29N3O. The van der Waals surface area contributed by atoms with E-state index in [2.05, 4.69) is 22.4 Å². The molecule has 3 N–H and O–H groups in total. The minimum absolute atomic E-state index is 0.507. The SMILES string of the molecule is CCOc1cccc(CCN=C(N)NC2CCCCCC2)c1. The number of hydrogen-bond acceptors (Lipinski definition) is 2. The summed E-state index contributed by atoms with van der Waals surface area (Å²) < 4.78 is 5.51. The third-order valence-electron chi connectivity index (χ3n) is 4.10. The van der Waals surface area contributed by atoms with E-state index >= 15 is 0 Å². The largest absolute Gasteiger partial charge is 0.494 e. The molecule has 4 nitrogen and oxygen atoms in total. The molecule has 1 aliphatic rings. The summed E-state index contributed by atoms with van der Waals surface area (Å²) in [5.74, 6) is 1.52. The van der Waals surface area contributed by atoms with Gasteiger partial charge in [-0.05, 0) is 43.9 Å². The van der Waals surface area contributed by atoms with Crippen molar-refractivity contribution in [2.24, 2.45) is 10.7 Å². The second kappa shape index (κ2) is 9.34. The topological polar surface area (TPSA) is 59.6 Å². The number of nitrogens with two attached hydrogens (primary N) is 1. The van der Waals surface area contributed by atoms with Crippen LogP contribution in [-0.2, 0) is 6.42 Å². The Morgan fingerprint density at radius 2 is 2.05 bits per heavy atom. The molecule has 0 aliphatic heterocycles. The van der Waals surface area contributed by atoms with Crippen molar-refractivity contribution in [2.75, 3.05) is 13.2 Å². The quantitative estimate of drug-likeness (QED) is 0.482. The van der Waals surface area contributed by atoms with Crippen LogP contribution in [0.4, 0.5) is 0 Å². The highest BCUT2D eigenvalue weighted by atomic mass is 16.5. The summed E-state index contributed by atoms with van der Waals surface area (Å²) in [6, 6.07) is 8.70. The molecule has 0 aromatic heterocycles. The number of guanidine groups is 1. The number of ether oxygens (including phenoxy) is 1. The Hall–Kier alpha value is -1.71. The van der Waals surface area contributed by atoms with Crippen LogP contribution in [0.2, 0.25) is 0 Å². The molecule has 0 amide bonds. The standard InChI is InChI=1S/C18H29N3O/c1-2-22-17-11-7-8-15(14-17)12-13-20-18(19)21-16-9-5-3-4-6-10-16/h7-8,11,14,16H,2-6,9-10,12-13H2,1H3,(H3,19,20,21). The summed E-state index contributed by atoms with van der Waals surface area (Å²) in [5.41, 5.74) is 7.24. The number of nitrogens with one attached hydrogen (secondary N) is 1. The molecule has 1 aromatic carbocycles. The van der Waals surface area contributed by atoms with Crippen molar-refractivity contribution >= 4 is 5.96 Å². The first-order valence-electron chi connectivity index (χ1n) is 8.56. The van der Waals surface area contributed by atoms with Gasteiger partial charge in [0, 0.05) is 12.6 Å². The number of nitrogens with zero attached hydrogens (tertiary/aromatic N) is 1. The van der Waals surface area contributed by atoms with Crippen LogP contribution in [0.25, 0.3) is 0 Å². The third-order valence-corrected chi connectivity index (χ3v) is 4.10. The Morgan fingerprint density at radius 1 is 1.27 bits per heavy atom. The Labute approximate surface area is 134 Å². The van der Waals surface area contributed by atoms with Gasteiger partial charge in [-0.1, -0.05) is 37.8 Å². The predicted octanol–water partition coefficient (Wildman–Crippen LogP) is 3.25. The van der Waals surface area contributed by atoms with Gasteiger partial charge in [0.05, 0.1) is 6.61 Å².